The Hall–Kier alpha value is -5.08. The first kappa shape index (κ1) is 15.2. The summed E-state index contributed by atoms with van der Waals surface area (Å²) in [6.45, 7) is 0. The highest BCUT2D eigenvalue weighted by Gasteiger charge is 2.16. The molecule has 2 nitrogen and oxygen atoms in total. The molecular formula is C36H24N2. The Morgan fingerprint density at radius 2 is 1.00 bits per heavy atom. The van der Waals surface area contributed by atoms with Gasteiger partial charge in [-0.1, -0.05) is 96.9 Å². The zero-order valence-electron chi connectivity index (χ0n) is 27.2. The molecule has 0 N–H and O–H groups in total. The minimum Gasteiger partial charge on any atom is -0.309 e. The second-order valence-corrected chi connectivity index (χ2v) is 9.30. The van der Waals surface area contributed by atoms with Crippen LogP contribution in [0.1, 0.15) is 9.60 Å². The van der Waals surface area contributed by atoms with Gasteiger partial charge in [-0.3, -0.25) is 0 Å². The Labute approximate surface area is 230 Å². The van der Waals surface area contributed by atoms with Crippen molar-refractivity contribution in [1.29, 1.82) is 0 Å². The van der Waals surface area contributed by atoms with Crippen LogP contribution in [-0.4, -0.2) is 9.13 Å². The Kier molecular flexibility index (Phi) is 3.30. The molecular weight excluding hydrogens is 460 g/mol. The third-order valence-corrected chi connectivity index (χ3v) is 7.23. The van der Waals surface area contributed by atoms with Gasteiger partial charge in [-0.2, -0.15) is 0 Å². The van der Waals surface area contributed by atoms with Gasteiger partial charge in [0.1, 0.15) is 0 Å². The summed E-state index contributed by atoms with van der Waals surface area (Å²) in [5.74, 6) is 0. The molecule has 0 radical (unpaired) electrons. The number of aromatic nitrogens is 2. The zero-order valence-corrected chi connectivity index (χ0v) is 20.2. The van der Waals surface area contributed by atoms with Crippen LogP contribution in [0, 0.1) is 0 Å². The first-order chi connectivity index (χ1) is 21.7. The number of nitrogens with zero attached hydrogens (tertiary/aromatic N) is 2. The van der Waals surface area contributed by atoms with Crippen LogP contribution in [0.4, 0.5) is 0 Å². The topological polar surface area (TPSA) is 9.86 Å². The largest absolute Gasteiger partial charge is 0.309 e. The molecule has 0 saturated carbocycles. The molecule has 8 aromatic rings. The van der Waals surface area contributed by atoms with E-state index >= 15 is 0 Å². The summed E-state index contributed by atoms with van der Waals surface area (Å²) in [4.78, 5) is 0. The molecule has 0 saturated heterocycles. The van der Waals surface area contributed by atoms with Crippen molar-refractivity contribution in [2.24, 2.45) is 0 Å². The highest BCUT2D eigenvalue weighted by Crippen LogP contribution is 2.37. The molecule has 38 heavy (non-hydrogen) atoms. The number of benzene rings is 6. The molecule has 0 aliphatic carbocycles. The van der Waals surface area contributed by atoms with E-state index in [0.29, 0.717) is 16.5 Å². The van der Waals surface area contributed by atoms with E-state index in [1.165, 1.54) is 12.1 Å². The van der Waals surface area contributed by atoms with Crippen LogP contribution in [0.25, 0.3) is 66.1 Å². The van der Waals surface area contributed by atoms with Crippen molar-refractivity contribution in [2.45, 2.75) is 0 Å². The zero-order chi connectivity index (χ0) is 31.1. The maximum Gasteiger partial charge on any atom is 0.0645 e. The lowest BCUT2D eigenvalue weighted by atomic mass is 10.1. The van der Waals surface area contributed by atoms with E-state index in [2.05, 4.69) is 22.8 Å². The fourth-order valence-corrected chi connectivity index (χ4v) is 5.57. The Morgan fingerprint density at radius 1 is 0.395 bits per heavy atom. The van der Waals surface area contributed by atoms with Gasteiger partial charge < -0.3 is 9.13 Å². The van der Waals surface area contributed by atoms with Crippen LogP contribution in [0.5, 0.6) is 0 Å². The summed E-state index contributed by atoms with van der Waals surface area (Å²) in [7, 11) is 0. The fraction of sp³-hybridized carbons (Fsp3) is 0. The average molecular weight is 492 g/mol. The van der Waals surface area contributed by atoms with Crippen LogP contribution in [0.3, 0.4) is 0 Å². The molecule has 6 aromatic carbocycles. The van der Waals surface area contributed by atoms with Gasteiger partial charge in [0.25, 0.3) is 0 Å². The van der Waals surface area contributed by atoms with Gasteiger partial charge in [0.2, 0.25) is 0 Å². The Bertz CT molecular complexity index is 2490. The first-order valence-electron chi connectivity index (χ1n) is 16.0. The number of para-hydroxylation sites is 3. The third-order valence-electron chi connectivity index (χ3n) is 7.23. The third kappa shape index (κ3) is 3.07. The van der Waals surface area contributed by atoms with Crippen LogP contribution in [-0.2, 0) is 0 Å². The van der Waals surface area contributed by atoms with Gasteiger partial charge >= 0.3 is 0 Å². The quantitative estimate of drug-likeness (QED) is 0.233. The molecule has 0 aliphatic heterocycles. The maximum atomic E-state index is 8.83. The standard InChI is InChI=1S/C36H24N2/c1-2-10-25(11-3-1)26-18-20-27(21-19-26)37-35-17-9-6-14-31(35)32-24-28(22-23-36(32)37)38-33-15-7-4-12-29(33)30-13-5-8-16-34(30)38/h1-24H/i1D,4D,7D,10D,11D,12D,15D. The molecule has 2 heteroatoms. The highest BCUT2D eigenvalue weighted by atomic mass is 15.0. The number of hydrogen-bond acceptors (Lipinski definition) is 0. The SMILES string of the molecule is [2H]c1cc([2H])c(-c2ccc(-n3c4ccccc4c4cc(-n5c6ccccc6c6c([2H])c([2H])c([2H])c([2H])c65)ccc43)cc2)c([2H])c1. The molecule has 0 bridgehead atoms. The summed E-state index contributed by atoms with van der Waals surface area (Å²) in [6.07, 6.45) is 0. The van der Waals surface area contributed by atoms with E-state index in [0.717, 1.165) is 49.6 Å². The molecule has 0 aliphatic rings. The van der Waals surface area contributed by atoms with Gasteiger partial charge in [-0.05, 0) is 59.6 Å². The monoisotopic (exact) mass is 491 g/mol. The summed E-state index contributed by atoms with van der Waals surface area (Å²) in [5.41, 5.74) is 6.17. The van der Waals surface area contributed by atoms with Crippen LogP contribution in [0.2, 0.25) is 0 Å². The average Bonchev–Trinajstić information content (AvgIpc) is 3.56. The van der Waals surface area contributed by atoms with Crippen LogP contribution in [0.15, 0.2) is 145 Å². The second kappa shape index (κ2) is 8.22. The predicted molar refractivity (Wildman–Crippen MR) is 161 cm³/mol. The Morgan fingerprint density at radius 3 is 1.76 bits per heavy atom. The Balaban J connectivity index is 1.36. The summed E-state index contributed by atoms with van der Waals surface area (Å²) in [5, 5.41) is 3.30. The summed E-state index contributed by atoms with van der Waals surface area (Å²) in [6, 6.07) is 32.4. The summed E-state index contributed by atoms with van der Waals surface area (Å²) >= 11 is 0. The van der Waals surface area contributed by atoms with Gasteiger partial charge in [0.15, 0.2) is 0 Å². The molecule has 8 rings (SSSR count). The lowest BCUT2D eigenvalue weighted by Crippen LogP contribution is -1.95. The van der Waals surface area contributed by atoms with E-state index in [9.17, 15) is 0 Å². The second-order valence-electron chi connectivity index (χ2n) is 9.30. The van der Waals surface area contributed by atoms with E-state index in [1.807, 2.05) is 77.4 Å². The molecule has 178 valence electrons. The lowest BCUT2D eigenvalue weighted by molar-refractivity contribution is 1.17. The molecule has 2 aromatic heterocycles. The van der Waals surface area contributed by atoms with Crippen molar-refractivity contribution >= 4 is 43.6 Å². The van der Waals surface area contributed by atoms with Gasteiger partial charge in [0.05, 0.1) is 31.7 Å². The van der Waals surface area contributed by atoms with E-state index < -0.39 is 0 Å². The van der Waals surface area contributed by atoms with E-state index in [-0.39, 0.29) is 42.3 Å². The van der Waals surface area contributed by atoms with Crippen molar-refractivity contribution in [2.75, 3.05) is 0 Å². The minimum atomic E-state index is -0.261. The fourth-order valence-electron chi connectivity index (χ4n) is 5.57. The van der Waals surface area contributed by atoms with Crippen molar-refractivity contribution < 1.29 is 9.60 Å². The van der Waals surface area contributed by atoms with Crippen molar-refractivity contribution in [3.05, 3.63) is 145 Å². The number of rotatable bonds is 3. The van der Waals surface area contributed by atoms with Gasteiger partial charge in [0, 0.05) is 32.9 Å². The molecule has 2 heterocycles. The number of hydrogen-bond donors (Lipinski definition) is 0. The van der Waals surface area contributed by atoms with Crippen molar-refractivity contribution in [3.63, 3.8) is 0 Å². The first-order valence-corrected chi connectivity index (χ1v) is 12.5. The van der Waals surface area contributed by atoms with E-state index in [1.54, 1.807) is 0 Å². The number of fused-ring (bicyclic) bond motifs is 6. The van der Waals surface area contributed by atoms with E-state index in [4.69, 9.17) is 9.60 Å². The smallest absolute Gasteiger partial charge is 0.0645 e. The van der Waals surface area contributed by atoms with Crippen LogP contribution >= 0.6 is 0 Å². The lowest BCUT2D eigenvalue weighted by Gasteiger charge is -2.11. The molecule has 0 amide bonds. The van der Waals surface area contributed by atoms with Crippen molar-refractivity contribution in [1.82, 2.24) is 9.13 Å². The molecule has 0 spiro atoms. The van der Waals surface area contributed by atoms with Gasteiger partial charge in [-0.15, -0.1) is 0 Å². The maximum absolute atomic E-state index is 8.83. The molecule has 0 unspecified atom stereocenters. The highest BCUT2D eigenvalue weighted by molar-refractivity contribution is 6.12. The predicted octanol–water partition coefficient (Wildman–Crippen LogP) is 9.55. The normalized spacial score (nSPS) is 14.3. The van der Waals surface area contributed by atoms with Crippen LogP contribution < -0.4 is 0 Å². The van der Waals surface area contributed by atoms with Crippen molar-refractivity contribution in [3.8, 4) is 22.5 Å². The summed E-state index contributed by atoms with van der Waals surface area (Å²) < 4.78 is 62.8. The molecule has 0 atom stereocenters. The minimum absolute atomic E-state index is 0.0483. The molecule has 0 fully saturated rings. The van der Waals surface area contributed by atoms with Gasteiger partial charge in [-0.25, -0.2) is 0 Å².